The summed E-state index contributed by atoms with van der Waals surface area (Å²) in [5, 5.41) is 0. The summed E-state index contributed by atoms with van der Waals surface area (Å²) < 4.78 is 1.14. The number of benzene rings is 1. The van der Waals surface area contributed by atoms with Gasteiger partial charge in [-0.2, -0.15) is 4.98 Å². The molecule has 0 saturated carbocycles. The molecule has 3 heterocycles. The van der Waals surface area contributed by atoms with Gasteiger partial charge in [-0.1, -0.05) is 0 Å². The summed E-state index contributed by atoms with van der Waals surface area (Å²) in [6.07, 6.45) is 2.47. The average Bonchev–Trinajstić information content (AvgIpc) is 3.23. The van der Waals surface area contributed by atoms with Crippen LogP contribution in [0.5, 0.6) is 0 Å². The van der Waals surface area contributed by atoms with Crippen LogP contribution in [0, 0.1) is 10.5 Å². The molecule has 1 aromatic heterocycles. The lowest BCUT2D eigenvalue weighted by Gasteiger charge is -2.35. The Hall–Kier alpha value is -1.90. The van der Waals surface area contributed by atoms with Crippen LogP contribution >= 0.6 is 22.6 Å². The monoisotopic (exact) mass is 477 g/mol. The number of carbonyl (C=O) groups excluding carboxylic acids is 1. The zero-order valence-electron chi connectivity index (χ0n) is 15.6. The minimum Gasteiger partial charge on any atom is -0.356 e. The highest BCUT2D eigenvalue weighted by Crippen LogP contribution is 2.22. The van der Waals surface area contributed by atoms with Crippen LogP contribution in [-0.4, -0.2) is 60.0 Å². The standard InChI is InChI=1S/C20H24IN5O/c1-15-14-18(24-8-2-3-9-24)23-20(22-15)26-12-10-25(11-13-26)19(27)16-4-6-17(21)7-5-16/h4-7,14H,2-3,8-13H2,1H3. The maximum absolute atomic E-state index is 12.7. The van der Waals surface area contributed by atoms with E-state index in [2.05, 4.69) is 43.4 Å². The lowest BCUT2D eigenvalue weighted by atomic mass is 10.2. The van der Waals surface area contributed by atoms with E-state index in [0.717, 1.165) is 52.8 Å². The molecule has 2 aliphatic heterocycles. The van der Waals surface area contributed by atoms with E-state index < -0.39 is 0 Å². The number of amides is 1. The van der Waals surface area contributed by atoms with E-state index in [1.165, 1.54) is 12.8 Å². The summed E-state index contributed by atoms with van der Waals surface area (Å²) in [7, 11) is 0. The van der Waals surface area contributed by atoms with Gasteiger partial charge in [0, 0.05) is 60.2 Å². The average molecular weight is 477 g/mol. The Morgan fingerprint density at radius 3 is 2.26 bits per heavy atom. The van der Waals surface area contributed by atoms with Crippen molar-refractivity contribution in [3.05, 3.63) is 45.2 Å². The lowest BCUT2D eigenvalue weighted by Crippen LogP contribution is -2.49. The van der Waals surface area contributed by atoms with Gasteiger partial charge in [0.25, 0.3) is 5.91 Å². The minimum absolute atomic E-state index is 0.106. The third-order valence-electron chi connectivity index (χ3n) is 5.20. The number of anilines is 2. The van der Waals surface area contributed by atoms with E-state index in [1.54, 1.807) is 0 Å². The molecule has 27 heavy (non-hydrogen) atoms. The zero-order chi connectivity index (χ0) is 18.8. The molecule has 2 fully saturated rings. The molecule has 6 nitrogen and oxygen atoms in total. The van der Waals surface area contributed by atoms with Crippen molar-refractivity contribution in [3.63, 3.8) is 0 Å². The summed E-state index contributed by atoms with van der Waals surface area (Å²) in [6.45, 7) is 7.10. The summed E-state index contributed by atoms with van der Waals surface area (Å²) in [5.74, 6) is 1.93. The summed E-state index contributed by atoms with van der Waals surface area (Å²) in [6, 6.07) is 9.84. The van der Waals surface area contributed by atoms with Gasteiger partial charge in [0.1, 0.15) is 5.82 Å². The number of carbonyl (C=O) groups is 1. The van der Waals surface area contributed by atoms with Crippen molar-refractivity contribution in [1.29, 1.82) is 0 Å². The quantitative estimate of drug-likeness (QED) is 0.637. The van der Waals surface area contributed by atoms with Crippen LogP contribution in [0.3, 0.4) is 0 Å². The molecule has 2 aliphatic rings. The van der Waals surface area contributed by atoms with Crippen LogP contribution in [-0.2, 0) is 0 Å². The Kier molecular flexibility index (Phi) is 5.47. The molecular formula is C20H24IN5O. The van der Waals surface area contributed by atoms with Gasteiger partial charge in [-0.15, -0.1) is 0 Å². The molecule has 0 bridgehead atoms. The second-order valence-corrected chi connectivity index (χ2v) is 8.39. The molecule has 1 amide bonds. The van der Waals surface area contributed by atoms with Gasteiger partial charge in [-0.3, -0.25) is 4.79 Å². The number of hydrogen-bond acceptors (Lipinski definition) is 5. The van der Waals surface area contributed by atoms with Gasteiger partial charge in [-0.25, -0.2) is 4.98 Å². The van der Waals surface area contributed by atoms with E-state index in [9.17, 15) is 4.79 Å². The Balaban J connectivity index is 1.43. The summed E-state index contributed by atoms with van der Waals surface area (Å²) >= 11 is 2.25. The van der Waals surface area contributed by atoms with Crippen LogP contribution in [0.2, 0.25) is 0 Å². The molecule has 2 saturated heterocycles. The van der Waals surface area contributed by atoms with Crippen molar-refractivity contribution in [1.82, 2.24) is 14.9 Å². The first kappa shape index (κ1) is 18.5. The smallest absolute Gasteiger partial charge is 0.253 e. The summed E-state index contributed by atoms with van der Waals surface area (Å²) in [5.41, 5.74) is 1.76. The van der Waals surface area contributed by atoms with E-state index >= 15 is 0 Å². The molecule has 1 aromatic carbocycles. The predicted octanol–water partition coefficient (Wildman–Crippen LogP) is 2.95. The Labute approximate surface area is 173 Å². The summed E-state index contributed by atoms with van der Waals surface area (Å²) in [4.78, 5) is 28.6. The number of rotatable bonds is 3. The molecule has 0 N–H and O–H groups in total. The Morgan fingerprint density at radius 1 is 0.926 bits per heavy atom. The molecule has 7 heteroatoms. The van der Waals surface area contributed by atoms with Crippen LogP contribution < -0.4 is 9.80 Å². The number of hydrogen-bond donors (Lipinski definition) is 0. The van der Waals surface area contributed by atoms with E-state index in [-0.39, 0.29) is 5.91 Å². The molecule has 142 valence electrons. The van der Waals surface area contributed by atoms with Crippen molar-refractivity contribution in [2.24, 2.45) is 0 Å². The fourth-order valence-electron chi connectivity index (χ4n) is 3.67. The minimum atomic E-state index is 0.106. The van der Waals surface area contributed by atoms with Gasteiger partial charge in [0.15, 0.2) is 0 Å². The third kappa shape index (κ3) is 4.17. The van der Waals surface area contributed by atoms with E-state index in [1.807, 2.05) is 36.1 Å². The van der Waals surface area contributed by atoms with E-state index in [4.69, 9.17) is 4.98 Å². The van der Waals surface area contributed by atoms with Crippen LogP contribution in [0.4, 0.5) is 11.8 Å². The van der Waals surface area contributed by atoms with Gasteiger partial charge >= 0.3 is 0 Å². The largest absolute Gasteiger partial charge is 0.356 e. The van der Waals surface area contributed by atoms with Crippen LogP contribution in [0.15, 0.2) is 30.3 Å². The Morgan fingerprint density at radius 2 is 1.59 bits per heavy atom. The van der Waals surface area contributed by atoms with Crippen molar-refractivity contribution in [3.8, 4) is 0 Å². The third-order valence-corrected chi connectivity index (χ3v) is 5.92. The molecule has 0 atom stereocenters. The first-order valence-electron chi connectivity index (χ1n) is 9.50. The zero-order valence-corrected chi connectivity index (χ0v) is 17.7. The normalized spacial score (nSPS) is 17.5. The highest BCUT2D eigenvalue weighted by atomic mass is 127. The highest BCUT2D eigenvalue weighted by Gasteiger charge is 2.24. The number of halogens is 1. The molecule has 2 aromatic rings. The number of nitrogens with zero attached hydrogens (tertiary/aromatic N) is 5. The van der Waals surface area contributed by atoms with Gasteiger partial charge < -0.3 is 14.7 Å². The second kappa shape index (κ2) is 8.00. The first-order chi connectivity index (χ1) is 13.1. The molecule has 0 aliphatic carbocycles. The van der Waals surface area contributed by atoms with E-state index in [0.29, 0.717) is 13.1 Å². The van der Waals surface area contributed by atoms with Crippen molar-refractivity contribution < 1.29 is 4.79 Å². The molecule has 0 spiro atoms. The van der Waals surface area contributed by atoms with Gasteiger partial charge in [0.05, 0.1) is 0 Å². The Bertz CT molecular complexity index is 812. The number of aromatic nitrogens is 2. The lowest BCUT2D eigenvalue weighted by molar-refractivity contribution is 0.0746. The predicted molar refractivity (Wildman–Crippen MR) is 115 cm³/mol. The molecular weight excluding hydrogens is 453 g/mol. The molecule has 4 rings (SSSR count). The second-order valence-electron chi connectivity index (χ2n) is 7.15. The molecule has 0 unspecified atom stereocenters. The van der Waals surface area contributed by atoms with Crippen molar-refractivity contribution >= 4 is 40.3 Å². The van der Waals surface area contributed by atoms with Gasteiger partial charge in [-0.05, 0) is 66.6 Å². The van der Waals surface area contributed by atoms with Crippen molar-refractivity contribution in [2.75, 3.05) is 49.1 Å². The highest BCUT2D eigenvalue weighted by molar-refractivity contribution is 14.1. The SMILES string of the molecule is Cc1cc(N2CCCC2)nc(N2CCN(C(=O)c3ccc(I)cc3)CC2)n1. The fraction of sp³-hybridized carbons (Fsp3) is 0.450. The van der Waals surface area contributed by atoms with Crippen molar-refractivity contribution in [2.45, 2.75) is 19.8 Å². The topological polar surface area (TPSA) is 52.6 Å². The molecule has 0 radical (unpaired) electrons. The number of aryl methyl sites for hydroxylation is 1. The first-order valence-corrected chi connectivity index (χ1v) is 10.6. The maximum Gasteiger partial charge on any atom is 0.253 e. The maximum atomic E-state index is 12.7. The van der Waals surface area contributed by atoms with Crippen LogP contribution in [0.1, 0.15) is 28.9 Å². The fourth-order valence-corrected chi connectivity index (χ4v) is 4.03. The van der Waals surface area contributed by atoms with Gasteiger partial charge in [0.2, 0.25) is 5.95 Å². The number of piperazine rings is 1. The van der Waals surface area contributed by atoms with Crippen LogP contribution in [0.25, 0.3) is 0 Å².